The summed E-state index contributed by atoms with van der Waals surface area (Å²) in [5.74, 6) is 3.04. The minimum atomic E-state index is -1.84. The Balaban J connectivity index is 1.36. The average Bonchev–Trinajstić information content (AvgIpc) is 3.26. The third-order valence-electron chi connectivity index (χ3n) is 11.7. The minimum Gasteiger partial charge on any atom is -0.491 e. The van der Waals surface area contributed by atoms with Crippen LogP contribution in [0, 0.1) is 0 Å². The fourth-order valence-corrected chi connectivity index (χ4v) is 19.8. The van der Waals surface area contributed by atoms with E-state index in [4.69, 9.17) is 61.0 Å². The van der Waals surface area contributed by atoms with Gasteiger partial charge in [0.2, 0.25) is 0 Å². The van der Waals surface area contributed by atoms with Crippen molar-refractivity contribution in [2.45, 2.75) is 116 Å². The highest BCUT2D eigenvalue weighted by Gasteiger charge is 2.45. The molecule has 13 nitrogen and oxygen atoms in total. The summed E-state index contributed by atoms with van der Waals surface area (Å²) in [6.45, 7) is 37.8. The lowest BCUT2D eigenvalue weighted by molar-refractivity contribution is 0.00498. The van der Waals surface area contributed by atoms with Crippen molar-refractivity contribution in [3.05, 3.63) is 48.5 Å². The Kier molecular flexibility index (Phi) is 31.6. The fraction of sp³-hybridized carbons (Fsp3) is 0.760. The summed E-state index contributed by atoms with van der Waals surface area (Å²) < 4.78 is 75.9. The van der Waals surface area contributed by atoms with E-state index in [1.165, 1.54) is 0 Å². The highest BCUT2D eigenvalue weighted by Crippen LogP contribution is 2.43. The molecule has 0 saturated carbocycles. The summed E-state index contributed by atoms with van der Waals surface area (Å²) in [6.07, 6.45) is 0. The molecule has 0 fully saturated rings. The van der Waals surface area contributed by atoms with Crippen molar-refractivity contribution in [3.8, 4) is 23.0 Å². The summed E-state index contributed by atoms with van der Waals surface area (Å²) in [5.41, 5.74) is 3.43. The van der Waals surface area contributed by atoms with Gasteiger partial charge in [-0.15, -0.1) is 0 Å². The van der Waals surface area contributed by atoms with Gasteiger partial charge in [0.1, 0.15) is 49.4 Å². The van der Waals surface area contributed by atoms with Crippen LogP contribution in [0.2, 0.25) is 33.2 Å². The molecule has 0 bridgehead atoms. The number of rotatable bonds is 42. The van der Waals surface area contributed by atoms with E-state index in [-0.39, 0.29) is 0 Å². The predicted molar refractivity (Wildman–Crippen MR) is 265 cm³/mol. The second-order valence-electron chi connectivity index (χ2n) is 18.0. The molecule has 376 valence electrons. The molecule has 0 atom stereocenters. The molecule has 2 aromatic carbocycles. The highest BCUT2D eigenvalue weighted by molar-refractivity contribution is 6.78. The zero-order chi connectivity index (χ0) is 47.8. The first-order valence-corrected chi connectivity index (χ1v) is 28.6. The molecule has 65 heavy (non-hydrogen) atoms. The molecule has 0 N–H and O–H groups in total. The van der Waals surface area contributed by atoms with Crippen LogP contribution in [0.15, 0.2) is 48.5 Å². The van der Waals surface area contributed by atoms with Crippen molar-refractivity contribution in [1.29, 1.82) is 0 Å². The van der Waals surface area contributed by atoms with Gasteiger partial charge in [-0.2, -0.15) is 0 Å². The summed E-state index contributed by atoms with van der Waals surface area (Å²) in [7, 11) is -3.69. The Morgan fingerprint density at radius 3 is 0.569 bits per heavy atom. The summed E-state index contributed by atoms with van der Waals surface area (Å²) in [6, 6.07) is 15.1. The first kappa shape index (κ1) is 58.8. The van der Waals surface area contributed by atoms with Gasteiger partial charge in [0.05, 0.1) is 106 Å². The Labute approximate surface area is 396 Å². The summed E-state index contributed by atoms with van der Waals surface area (Å²) >= 11 is 0. The topological polar surface area (TPSA) is 120 Å². The van der Waals surface area contributed by atoms with Gasteiger partial charge in [0.15, 0.2) is 16.6 Å². The number of hydrogen-bond donors (Lipinski definition) is 0. The molecular formula is C50H90O13Si2. The maximum atomic E-state index is 6.53. The van der Waals surface area contributed by atoms with Crippen LogP contribution in [0.5, 0.6) is 23.0 Å². The monoisotopic (exact) mass is 955 g/mol. The Bertz CT molecular complexity index is 1260. The molecule has 2 aromatic rings. The number of ether oxygens (including phenoxy) is 11. The zero-order valence-corrected chi connectivity index (χ0v) is 44.5. The Morgan fingerprint density at radius 2 is 0.400 bits per heavy atom. The van der Waals surface area contributed by atoms with Gasteiger partial charge in [-0.05, 0) is 81.8 Å². The van der Waals surface area contributed by atoms with E-state index in [0.717, 1.165) is 23.0 Å². The molecule has 0 aliphatic carbocycles. The molecule has 2 rings (SSSR count). The van der Waals surface area contributed by atoms with Gasteiger partial charge in [-0.25, -0.2) is 0 Å². The lowest BCUT2D eigenvalue weighted by Crippen LogP contribution is -2.48. The Hall–Kier alpha value is -2.29. The van der Waals surface area contributed by atoms with Crippen molar-refractivity contribution in [1.82, 2.24) is 0 Å². The molecule has 0 unspecified atom stereocenters. The maximum absolute atomic E-state index is 6.53. The van der Waals surface area contributed by atoms with E-state index in [9.17, 15) is 0 Å². The molecule has 0 spiro atoms. The van der Waals surface area contributed by atoms with E-state index in [1.54, 1.807) is 0 Å². The van der Waals surface area contributed by atoms with Gasteiger partial charge in [-0.1, -0.05) is 83.1 Å². The minimum absolute atomic E-state index is 0.442. The lowest BCUT2D eigenvalue weighted by atomic mass is 10.3. The van der Waals surface area contributed by atoms with Gasteiger partial charge in [-0.3, -0.25) is 0 Å². The first-order chi connectivity index (χ1) is 31.3. The molecular weight excluding hydrogens is 865 g/mol. The molecule has 0 aliphatic heterocycles. The van der Waals surface area contributed by atoms with Crippen molar-refractivity contribution in [2.75, 3.05) is 132 Å². The molecule has 0 aliphatic rings. The van der Waals surface area contributed by atoms with Gasteiger partial charge in [0.25, 0.3) is 0 Å². The van der Waals surface area contributed by atoms with Crippen molar-refractivity contribution in [3.63, 3.8) is 0 Å². The van der Waals surface area contributed by atoms with Crippen LogP contribution in [-0.2, 0) is 42.0 Å². The van der Waals surface area contributed by atoms with Crippen LogP contribution in [0.4, 0.5) is 0 Å². The van der Waals surface area contributed by atoms with Crippen LogP contribution >= 0.6 is 0 Å². The van der Waals surface area contributed by atoms with E-state index in [2.05, 4.69) is 83.1 Å². The third kappa shape index (κ3) is 23.0. The third-order valence-corrected chi connectivity index (χ3v) is 23.9. The van der Waals surface area contributed by atoms with Gasteiger partial charge < -0.3 is 61.0 Å². The first-order valence-electron chi connectivity index (χ1n) is 24.3. The summed E-state index contributed by atoms with van der Waals surface area (Å²) in [4.78, 5) is 0. The lowest BCUT2D eigenvalue weighted by Gasteiger charge is -2.42. The standard InChI is InChI=1S/C50H90O13Si2/c1-41(2)64(42(3)4,43(5)6)62-39-33-56-27-25-54-31-37-60-49-17-13-47(14-18-49)58-35-29-52-23-21-51-22-24-53-30-36-59-48-15-19-50(20-16-48)61-38-32-55-26-28-57-34-40-63-65(44(7)8,45(9)10)46(11)12/h13-20,41-46H,21-40H2,1-12H3. The number of benzene rings is 2. The van der Waals surface area contributed by atoms with Gasteiger partial charge >= 0.3 is 0 Å². The van der Waals surface area contributed by atoms with Crippen molar-refractivity contribution < 1.29 is 61.0 Å². The van der Waals surface area contributed by atoms with E-state index >= 15 is 0 Å². The molecule has 0 saturated heterocycles. The van der Waals surface area contributed by atoms with Crippen LogP contribution < -0.4 is 18.9 Å². The Morgan fingerprint density at radius 1 is 0.246 bits per heavy atom. The van der Waals surface area contributed by atoms with Gasteiger partial charge in [0, 0.05) is 0 Å². The van der Waals surface area contributed by atoms with Crippen LogP contribution in [0.3, 0.4) is 0 Å². The SMILES string of the molecule is CC(C)[Si](OCCOCCOCCOc1ccc(OCCOCCOCCOCCOc2ccc(OCCOCCOCCO[Si](C(C)C)(C(C)C)C(C)C)cc2)cc1)(C(C)C)C(C)C. The van der Waals surface area contributed by atoms with Crippen LogP contribution in [0.1, 0.15) is 83.1 Å². The van der Waals surface area contributed by atoms with Crippen molar-refractivity contribution >= 4 is 16.6 Å². The van der Waals surface area contributed by atoms with Crippen LogP contribution in [0.25, 0.3) is 0 Å². The largest absolute Gasteiger partial charge is 0.491 e. The molecule has 0 radical (unpaired) electrons. The van der Waals surface area contributed by atoms with E-state index < -0.39 is 16.6 Å². The predicted octanol–water partition coefficient (Wildman–Crippen LogP) is 10.4. The van der Waals surface area contributed by atoms with E-state index in [0.29, 0.717) is 165 Å². The molecule has 0 amide bonds. The second kappa shape index (κ2) is 34.9. The van der Waals surface area contributed by atoms with Crippen molar-refractivity contribution in [2.24, 2.45) is 0 Å². The molecule has 15 heteroatoms. The average molecular weight is 955 g/mol. The quantitative estimate of drug-likeness (QED) is 0.0464. The zero-order valence-electron chi connectivity index (χ0n) is 42.5. The van der Waals surface area contributed by atoms with E-state index in [1.807, 2.05) is 48.5 Å². The molecule has 0 heterocycles. The highest BCUT2D eigenvalue weighted by atomic mass is 28.4. The van der Waals surface area contributed by atoms with Crippen LogP contribution in [-0.4, -0.2) is 149 Å². The second-order valence-corrected chi connectivity index (χ2v) is 28.9. The number of hydrogen-bond acceptors (Lipinski definition) is 13. The normalized spacial score (nSPS) is 12.5. The smallest absolute Gasteiger partial charge is 0.200 e. The fourth-order valence-electron chi connectivity index (χ4n) is 8.88. The molecule has 0 aromatic heterocycles. The summed E-state index contributed by atoms with van der Waals surface area (Å²) in [5, 5.41) is 0. The maximum Gasteiger partial charge on any atom is 0.200 e.